The molecule has 0 spiro atoms. The van der Waals surface area contributed by atoms with Crippen molar-refractivity contribution in [3.8, 4) is 0 Å². The molecule has 2 aliphatic heterocycles. The van der Waals surface area contributed by atoms with Crippen LogP contribution in [0.5, 0.6) is 0 Å². The molecule has 2 saturated heterocycles. The lowest BCUT2D eigenvalue weighted by Gasteiger charge is -2.34. The number of imidazole rings is 1. The minimum absolute atomic E-state index is 0. The number of rotatable bonds is 2. The molecule has 6 nitrogen and oxygen atoms in total. The number of likely N-dealkylation sites (tertiary alicyclic amines) is 1. The van der Waals surface area contributed by atoms with E-state index < -0.39 is 0 Å². The molecule has 1 amide bonds. The van der Waals surface area contributed by atoms with E-state index in [0.717, 1.165) is 43.4 Å². The number of hydrogen-bond donors (Lipinski definition) is 2. The van der Waals surface area contributed by atoms with Crippen LogP contribution in [0.3, 0.4) is 0 Å². The molecule has 0 radical (unpaired) electrons. The van der Waals surface area contributed by atoms with Gasteiger partial charge in [0.25, 0.3) is 0 Å². The summed E-state index contributed by atoms with van der Waals surface area (Å²) < 4.78 is 1.89. The number of fused-ring (bicyclic) bond motifs is 2. The summed E-state index contributed by atoms with van der Waals surface area (Å²) in [5.41, 5.74) is 1.81. The van der Waals surface area contributed by atoms with E-state index in [2.05, 4.69) is 10.3 Å². The smallest absolute Gasteiger partial charge is 0.326 e. The average Bonchev–Trinajstić information content (AvgIpc) is 3.27. The quantitative estimate of drug-likeness (QED) is 0.808. The predicted octanol–water partition coefficient (Wildman–Crippen LogP) is 2.84. The van der Waals surface area contributed by atoms with Gasteiger partial charge in [-0.2, -0.15) is 0 Å². The predicted molar refractivity (Wildman–Crippen MR) is 112 cm³/mol. The van der Waals surface area contributed by atoms with Crippen LogP contribution in [0, 0.1) is 5.92 Å². The maximum Gasteiger partial charge on any atom is 0.326 e. The highest BCUT2D eigenvalue weighted by molar-refractivity contribution is 5.85. The molecule has 0 bridgehead atoms. The first-order valence-electron chi connectivity index (χ1n) is 10.4. The topological polar surface area (TPSA) is 70.1 Å². The molecule has 3 fully saturated rings. The first kappa shape index (κ1) is 19.5. The Bertz CT molecular complexity index is 885. The number of carbonyl (C=O) groups excluding carboxylic acids is 1. The first-order valence-corrected chi connectivity index (χ1v) is 10.4. The Kier molecular flexibility index (Phi) is 5.52. The number of amides is 1. The number of nitrogens with one attached hydrogen (secondary N) is 2. The Labute approximate surface area is 171 Å². The second-order valence-electron chi connectivity index (χ2n) is 8.48. The number of H-pyrrole nitrogens is 1. The molecule has 1 aromatic carbocycles. The van der Waals surface area contributed by atoms with Gasteiger partial charge in [-0.3, -0.25) is 9.36 Å². The van der Waals surface area contributed by atoms with E-state index in [9.17, 15) is 9.59 Å². The van der Waals surface area contributed by atoms with Gasteiger partial charge in [0.15, 0.2) is 0 Å². The fraction of sp³-hybridized carbons (Fsp3) is 0.619. The van der Waals surface area contributed by atoms with Gasteiger partial charge in [0.05, 0.1) is 17.1 Å². The minimum atomic E-state index is -0.0393. The van der Waals surface area contributed by atoms with Gasteiger partial charge in [-0.15, -0.1) is 12.4 Å². The molecule has 1 saturated carbocycles. The van der Waals surface area contributed by atoms with Gasteiger partial charge in [0.2, 0.25) is 5.91 Å². The molecule has 2 aromatic rings. The van der Waals surface area contributed by atoms with Crippen LogP contribution in [-0.4, -0.2) is 45.5 Å². The van der Waals surface area contributed by atoms with Gasteiger partial charge in [-0.05, 0) is 50.2 Å². The molecule has 5 rings (SSSR count). The van der Waals surface area contributed by atoms with Gasteiger partial charge >= 0.3 is 5.69 Å². The van der Waals surface area contributed by atoms with Crippen LogP contribution in [0.25, 0.3) is 11.0 Å². The van der Waals surface area contributed by atoms with Crippen molar-refractivity contribution in [2.75, 3.05) is 13.1 Å². The van der Waals surface area contributed by atoms with E-state index in [-0.39, 0.29) is 36.1 Å². The van der Waals surface area contributed by atoms with E-state index in [1.165, 1.54) is 25.7 Å². The summed E-state index contributed by atoms with van der Waals surface area (Å²) in [5.74, 6) is 0.962. The summed E-state index contributed by atoms with van der Waals surface area (Å²) in [6.07, 6.45) is 7.78. The molecule has 3 aliphatic rings. The summed E-state index contributed by atoms with van der Waals surface area (Å²) in [7, 11) is 0. The number of aromatic amines is 1. The highest BCUT2D eigenvalue weighted by Crippen LogP contribution is 2.34. The maximum absolute atomic E-state index is 13.0. The van der Waals surface area contributed by atoms with E-state index in [1.54, 1.807) is 0 Å². The summed E-state index contributed by atoms with van der Waals surface area (Å²) in [6.45, 7) is 1.48. The molecule has 152 valence electrons. The zero-order valence-corrected chi connectivity index (χ0v) is 16.9. The SMILES string of the molecule is Cl.O=C(C1CC2CCCCC2N1)N1CCC(n2c(=O)[nH]c3ccccc32)CC1. The Hall–Kier alpha value is -1.79. The summed E-state index contributed by atoms with van der Waals surface area (Å²) in [5, 5.41) is 3.61. The first-order chi connectivity index (χ1) is 13.2. The lowest BCUT2D eigenvalue weighted by molar-refractivity contribution is -0.134. The average molecular weight is 405 g/mol. The van der Waals surface area contributed by atoms with Gasteiger partial charge in [0, 0.05) is 25.2 Å². The lowest BCUT2D eigenvalue weighted by atomic mass is 9.85. The van der Waals surface area contributed by atoms with Crippen LogP contribution < -0.4 is 11.0 Å². The molecule has 3 heterocycles. The Morgan fingerprint density at radius 1 is 1.04 bits per heavy atom. The van der Waals surface area contributed by atoms with Crippen LogP contribution in [0.2, 0.25) is 0 Å². The zero-order chi connectivity index (χ0) is 18.4. The van der Waals surface area contributed by atoms with Crippen molar-refractivity contribution in [3.05, 3.63) is 34.7 Å². The van der Waals surface area contributed by atoms with Gasteiger partial charge < -0.3 is 15.2 Å². The van der Waals surface area contributed by atoms with Crippen molar-refractivity contribution in [1.82, 2.24) is 19.8 Å². The standard InChI is InChI=1S/C21H28N4O2.ClH/c26-20(18-13-14-5-1-2-6-16(14)22-18)24-11-9-15(10-12-24)25-19-8-4-3-7-17(19)23-21(25)27;/h3-4,7-8,14-16,18,22H,1-2,5-6,9-13H2,(H,23,27);1H. The third-order valence-corrected chi connectivity index (χ3v) is 6.93. The van der Waals surface area contributed by atoms with E-state index in [0.29, 0.717) is 12.0 Å². The van der Waals surface area contributed by atoms with Crippen molar-refractivity contribution in [2.24, 2.45) is 5.92 Å². The molecule has 1 aliphatic carbocycles. The van der Waals surface area contributed by atoms with Crippen LogP contribution in [0.15, 0.2) is 29.1 Å². The van der Waals surface area contributed by atoms with Crippen molar-refractivity contribution in [3.63, 3.8) is 0 Å². The number of para-hydroxylation sites is 2. The largest absolute Gasteiger partial charge is 0.341 e. The van der Waals surface area contributed by atoms with Crippen molar-refractivity contribution < 1.29 is 4.79 Å². The summed E-state index contributed by atoms with van der Waals surface area (Å²) in [4.78, 5) is 30.4. The third-order valence-electron chi connectivity index (χ3n) is 6.93. The molecule has 3 atom stereocenters. The Morgan fingerprint density at radius 3 is 2.57 bits per heavy atom. The number of halogens is 1. The van der Waals surface area contributed by atoms with E-state index in [4.69, 9.17) is 0 Å². The van der Waals surface area contributed by atoms with Crippen molar-refractivity contribution in [1.29, 1.82) is 0 Å². The maximum atomic E-state index is 13.0. The van der Waals surface area contributed by atoms with Gasteiger partial charge in [-0.25, -0.2) is 4.79 Å². The van der Waals surface area contributed by atoms with E-state index in [1.807, 2.05) is 33.7 Å². The molecular formula is C21H29ClN4O2. The summed E-state index contributed by atoms with van der Waals surface area (Å²) in [6, 6.07) is 8.57. The number of hydrogen-bond acceptors (Lipinski definition) is 3. The van der Waals surface area contributed by atoms with Crippen molar-refractivity contribution in [2.45, 2.75) is 63.1 Å². The molecular weight excluding hydrogens is 376 g/mol. The Balaban J connectivity index is 0.00000192. The number of piperidine rings is 1. The zero-order valence-electron chi connectivity index (χ0n) is 16.1. The number of nitrogens with zero attached hydrogens (tertiary/aromatic N) is 2. The fourth-order valence-electron chi connectivity index (χ4n) is 5.51. The Morgan fingerprint density at radius 2 is 1.79 bits per heavy atom. The number of aromatic nitrogens is 2. The second kappa shape index (κ2) is 7.91. The molecule has 1 aromatic heterocycles. The van der Waals surface area contributed by atoms with E-state index >= 15 is 0 Å². The molecule has 7 heteroatoms. The van der Waals surface area contributed by atoms with Crippen LogP contribution in [0.4, 0.5) is 0 Å². The number of benzene rings is 1. The van der Waals surface area contributed by atoms with Crippen LogP contribution in [0.1, 0.15) is 51.0 Å². The molecule has 3 unspecified atom stereocenters. The summed E-state index contributed by atoms with van der Waals surface area (Å²) >= 11 is 0. The lowest BCUT2D eigenvalue weighted by Crippen LogP contribution is -2.48. The fourth-order valence-corrected chi connectivity index (χ4v) is 5.51. The van der Waals surface area contributed by atoms with Gasteiger partial charge in [-0.1, -0.05) is 25.0 Å². The van der Waals surface area contributed by atoms with Crippen LogP contribution in [-0.2, 0) is 4.79 Å². The number of carbonyl (C=O) groups is 1. The molecule has 2 N–H and O–H groups in total. The third kappa shape index (κ3) is 3.37. The second-order valence-corrected chi connectivity index (χ2v) is 8.48. The van der Waals surface area contributed by atoms with Crippen molar-refractivity contribution >= 4 is 29.3 Å². The molecule has 28 heavy (non-hydrogen) atoms. The highest BCUT2D eigenvalue weighted by atomic mass is 35.5. The highest BCUT2D eigenvalue weighted by Gasteiger charge is 2.40. The normalized spacial score (nSPS) is 28.1. The minimum Gasteiger partial charge on any atom is -0.341 e. The monoisotopic (exact) mass is 404 g/mol. The van der Waals surface area contributed by atoms with Gasteiger partial charge in [0.1, 0.15) is 0 Å². The van der Waals surface area contributed by atoms with Crippen LogP contribution >= 0.6 is 12.4 Å².